The number of alkyl halides is 3. The van der Waals surface area contributed by atoms with Crippen LogP contribution in [0.4, 0.5) is 18.9 Å². The number of carbonyl (C=O) groups is 1. The number of hydrogen-bond acceptors (Lipinski definition) is 4. The Kier molecular flexibility index (Phi) is 4.60. The summed E-state index contributed by atoms with van der Waals surface area (Å²) in [4.78, 5) is 22.3. The Morgan fingerprint density at radius 2 is 2.00 bits per heavy atom. The molecule has 6 nitrogen and oxygen atoms in total. The zero-order valence-electron chi connectivity index (χ0n) is 12.2. The average Bonchev–Trinajstić information content (AvgIpc) is 2.46. The molecule has 2 rings (SSSR count). The first kappa shape index (κ1) is 17.2. The molecule has 23 heavy (non-hydrogen) atoms. The number of anilines is 1. The molecule has 9 heteroatoms. The van der Waals surface area contributed by atoms with Crippen molar-refractivity contribution in [2.75, 3.05) is 11.4 Å². The minimum atomic E-state index is -5.15. The SMILES string of the molecule is CC[C@H]1C(O)N(C(=O)C(F)(F)F)c2ccccc2[C@@H]1C[N+](=O)[O-]. The average molecular weight is 332 g/mol. The number of aliphatic hydroxyl groups is 1. The first-order valence-electron chi connectivity index (χ1n) is 6.97. The molecular weight excluding hydrogens is 317 g/mol. The van der Waals surface area contributed by atoms with Gasteiger partial charge in [-0.3, -0.25) is 19.8 Å². The summed E-state index contributed by atoms with van der Waals surface area (Å²) >= 11 is 0. The van der Waals surface area contributed by atoms with E-state index in [1.165, 1.54) is 24.3 Å². The van der Waals surface area contributed by atoms with Crippen molar-refractivity contribution in [2.45, 2.75) is 31.7 Å². The van der Waals surface area contributed by atoms with E-state index in [0.29, 0.717) is 4.90 Å². The highest BCUT2D eigenvalue weighted by molar-refractivity contribution is 5.98. The standard InChI is InChI=1S/C14H15F3N2O4/c1-2-8-10(7-18(22)23)9-5-3-4-6-11(9)19(12(8)20)13(21)14(15,16)17/h3-6,8,10,12,20H,2,7H2,1H3/t8-,10-,12?/m1/s1. The summed E-state index contributed by atoms with van der Waals surface area (Å²) in [6.07, 6.45) is -6.73. The smallest absolute Gasteiger partial charge is 0.373 e. The minimum absolute atomic E-state index is 0.140. The molecule has 0 aliphatic carbocycles. The fourth-order valence-corrected chi connectivity index (χ4v) is 3.05. The zero-order valence-corrected chi connectivity index (χ0v) is 12.2. The van der Waals surface area contributed by atoms with Gasteiger partial charge in [0.25, 0.3) is 0 Å². The molecule has 3 atom stereocenters. The highest BCUT2D eigenvalue weighted by atomic mass is 19.4. The maximum Gasteiger partial charge on any atom is 0.471 e. The summed E-state index contributed by atoms with van der Waals surface area (Å²) in [6.45, 7) is 1.08. The second-order valence-electron chi connectivity index (χ2n) is 5.34. The lowest BCUT2D eigenvalue weighted by molar-refractivity contribution is -0.485. The maximum atomic E-state index is 12.8. The number of hydrogen-bond donors (Lipinski definition) is 1. The van der Waals surface area contributed by atoms with E-state index in [1.54, 1.807) is 6.92 Å². The number of aliphatic hydroxyl groups excluding tert-OH is 1. The number of amides is 1. The van der Waals surface area contributed by atoms with Crippen molar-refractivity contribution in [2.24, 2.45) is 5.92 Å². The molecule has 0 saturated heterocycles. The van der Waals surface area contributed by atoms with Crippen LogP contribution in [0.2, 0.25) is 0 Å². The van der Waals surface area contributed by atoms with Gasteiger partial charge in [-0.2, -0.15) is 13.2 Å². The summed E-state index contributed by atoms with van der Waals surface area (Å²) in [5, 5.41) is 21.2. The normalized spacial score (nSPS) is 24.2. The lowest BCUT2D eigenvalue weighted by Crippen LogP contribution is -2.54. The van der Waals surface area contributed by atoms with Gasteiger partial charge in [-0.15, -0.1) is 0 Å². The molecule has 1 N–H and O–H groups in total. The number of benzene rings is 1. The number of halogens is 3. The summed E-state index contributed by atoms with van der Waals surface area (Å²) in [5.74, 6) is -3.81. The van der Waals surface area contributed by atoms with Crippen molar-refractivity contribution in [1.82, 2.24) is 0 Å². The van der Waals surface area contributed by atoms with Crippen LogP contribution in [0.5, 0.6) is 0 Å². The summed E-state index contributed by atoms with van der Waals surface area (Å²) in [6, 6.07) is 5.65. The number of nitrogens with zero attached hydrogens (tertiary/aromatic N) is 2. The number of nitro groups is 1. The molecular formula is C14H15F3N2O4. The lowest BCUT2D eigenvalue weighted by Gasteiger charge is -2.42. The van der Waals surface area contributed by atoms with Crippen molar-refractivity contribution in [3.8, 4) is 0 Å². The van der Waals surface area contributed by atoms with Crippen molar-refractivity contribution >= 4 is 11.6 Å². The number of carbonyl (C=O) groups excluding carboxylic acids is 1. The molecule has 1 aromatic carbocycles. The summed E-state index contributed by atoms with van der Waals surface area (Å²) < 4.78 is 38.5. The monoisotopic (exact) mass is 332 g/mol. The fraction of sp³-hybridized carbons (Fsp3) is 0.500. The molecule has 0 aromatic heterocycles. The number of rotatable bonds is 3. The van der Waals surface area contributed by atoms with E-state index in [0.717, 1.165) is 0 Å². The minimum Gasteiger partial charge on any atom is -0.373 e. The van der Waals surface area contributed by atoms with Crippen LogP contribution >= 0.6 is 0 Å². The van der Waals surface area contributed by atoms with E-state index in [1.807, 2.05) is 0 Å². The van der Waals surface area contributed by atoms with Gasteiger partial charge in [0.2, 0.25) is 6.54 Å². The summed E-state index contributed by atoms with van der Waals surface area (Å²) in [7, 11) is 0. The van der Waals surface area contributed by atoms with Crippen LogP contribution in [0.25, 0.3) is 0 Å². The van der Waals surface area contributed by atoms with Gasteiger partial charge in [0.15, 0.2) is 0 Å². The Hall–Kier alpha value is -2.16. The van der Waals surface area contributed by atoms with Crippen LogP contribution in [-0.2, 0) is 4.79 Å². The third kappa shape index (κ3) is 3.14. The molecule has 1 aliphatic rings. The van der Waals surface area contributed by atoms with E-state index in [9.17, 15) is 33.2 Å². The van der Waals surface area contributed by atoms with Crippen molar-refractivity contribution in [1.29, 1.82) is 0 Å². The van der Waals surface area contributed by atoms with Crippen molar-refractivity contribution < 1.29 is 28.0 Å². The van der Waals surface area contributed by atoms with Crippen LogP contribution in [0.15, 0.2) is 24.3 Å². The van der Waals surface area contributed by atoms with E-state index >= 15 is 0 Å². The lowest BCUT2D eigenvalue weighted by atomic mass is 9.78. The fourth-order valence-electron chi connectivity index (χ4n) is 3.05. The van der Waals surface area contributed by atoms with Crippen molar-refractivity contribution in [3.63, 3.8) is 0 Å². The van der Waals surface area contributed by atoms with Crippen LogP contribution in [0, 0.1) is 16.0 Å². The van der Waals surface area contributed by atoms with Gasteiger partial charge in [0.05, 0.1) is 11.6 Å². The quantitative estimate of drug-likeness (QED) is 0.680. The molecule has 0 radical (unpaired) electrons. The van der Waals surface area contributed by atoms with E-state index < -0.39 is 41.6 Å². The second kappa shape index (κ2) is 6.15. The highest BCUT2D eigenvalue weighted by Crippen LogP contribution is 2.44. The Labute approximate surface area is 129 Å². The van der Waals surface area contributed by atoms with E-state index in [4.69, 9.17) is 0 Å². The van der Waals surface area contributed by atoms with Gasteiger partial charge < -0.3 is 5.11 Å². The zero-order chi connectivity index (χ0) is 17.4. The molecule has 126 valence electrons. The van der Waals surface area contributed by atoms with E-state index in [-0.39, 0.29) is 17.7 Å². The molecule has 0 saturated carbocycles. The molecule has 0 bridgehead atoms. The third-order valence-corrected chi connectivity index (χ3v) is 4.04. The molecule has 1 heterocycles. The topological polar surface area (TPSA) is 83.7 Å². The predicted molar refractivity (Wildman–Crippen MR) is 74.4 cm³/mol. The van der Waals surface area contributed by atoms with Crippen LogP contribution < -0.4 is 4.90 Å². The summed E-state index contributed by atoms with van der Waals surface area (Å²) in [5.41, 5.74) is 0.123. The van der Waals surface area contributed by atoms with Crippen LogP contribution in [-0.4, -0.2) is 34.9 Å². The Bertz CT molecular complexity index is 620. The number of fused-ring (bicyclic) bond motifs is 1. The Balaban J connectivity index is 2.58. The van der Waals surface area contributed by atoms with Crippen LogP contribution in [0.1, 0.15) is 24.8 Å². The molecule has 0 fully saturated rings. The molecule has 1 aromatic rings. The maximum absolute atomic E-state index is 12.8. The third-order valence-electron chi connectivity index (χ3n) is 4.04. The molecule has 1 amide bonds. The Morgan fingerprint density at radius 1 is 1.39 bits per heavy atom. The van der Waals surface area contributed by atoms with E-state index in [2.05, 4.69) is 0 Å². The van der Waals surface area contributed by atoms with Gasteiger partial charge in [0.1, 0.15) is 6.23 Å². The first-order valence-corrected chi connectivity index (χ1v) is 6.97. The predicted octanol–water partition coefficient (Wildman–Crippen LogP) is 2.30. The second-order valence-corrected chi connectivity index (χ2v) is 5.34. The van der Waals surface area contributed by atoms with Gasteiger partial charge in [-0.25, -0.2) is 0 Å². The van der Waals surface area contributed by atoms with Gasteiger partial charge >= 0.3 is 12.1 Å². The largest absolute Gasteiger partial charge is 0.471 e. The van der Waals surface area contributed by atoms with Gasteiger partial charge in [-0.05, 0) is 18.1 Å². The molecule has 1 aliphatic heterocycles. The number of para-hydroxylation sites is 1. The van der Waals surface area contributed by atoms with Crippen LogP contribution in [0.3, 0.4) is 0 Å². The molecule has 0 spiro atoms. The first-order chi connectivity index (χ1) is 10.7. The van der Waals surface area contributed by atoms with Gasteiger partial charge in [0, 0.05) is 10.8 Å². The van der Waals surface area contributed by atoms with Crippen molar-refractivity contribution in [3.05, 3.63) is 39.9 Å². The highest BCUT2D eigenvalue weighted by Gasteiger charge is 2.51. The van der Waals surface area contributed by atoms with Gasteiger partial charge in [-0.1, -0.05) is 25.1 Å². The Morgan fingerprint density at radius 3 is 2.52 bits per heavy atom. The molecule has 1 unspecified atom stereocenters.